The summed E-state index contributed by atoms with van der Waals surface area (Å²) in [5.74, 6) is -1.35. The first-order valence-electron chi connectivity index (χ1n) is 11.4. The van der Waals surface area contributed by atoms with Crippen LogP contribution < -0.4 is 20.9 Å². The molecule has 1 heterocycles. The van der Waals surface area contributed by atoms with Gasteiger partial charge in [-0.15, -0.1) is 0 Å². The highest BCUT2D eigenvalue weighted by Crippen LogP contribution is 2.55. The van der Waals surface area contributed by atoms with Crippen LogP contribution in [-0.2, 0) is 9.53 Å². The van der Waals surface area contributed by atoms with Crippen LogP contribution in [0.15, 0.2) is 36.4 Å². The predicted octanol–water partition coefficient (Wildman–Crippen LogP) is 3.98. The number of ether oxygens (including phenoxy) is 2. The average molecular weight is 528 g/mol. The van der Waals surface area contributed by atoms with E-state index >= 15 is 0 Å². The molecule has 2 bridgehead atoms. The van der Waals surface area contributed by atoms with Gasteiger partial charge in [-0.2, -0.15) is 0 Å². The molecule has 188 valence electrons. The van der Waals surface area contributed by atoms with Crippen molar-refractivity contribution in [2.24, 2.45) is 5.41 Å². The third-order valence-electron chi connectivity index (χ3n) is 7.45. The molecule has 7 nitrogen and oxygen atoms in total. The van der Waals surface area contributed by atoms with E-state index < -0.39 is 41.6 Å². The van der Waals surface area contributed by atoms with Crippen molar-refractivity contribution in [1.82, 2.24) is 16.2 Å². The molecule has 11 heteroatoms. The molecule has 0 aromatic heterocycles. The zero-order valence-electron chi connectivity index (χ0n) is 18.6. The number of carbonyl (C=O) groups is 1. The molecular formula is C24H25Cl2F2N3O4. The molecule has 1 saturated heterocycles. The Bertz CT molecular complexity index is 1130. The van der Waals surface area contributed by atoms with Gasteiger partial charge in [0.05, 0.1) is 21.7 Å². The number of halogens is 4. The van der Waals surface area contributed by atoms with E-state index in [1.807, 2.05) is 0 Å². The lowest BCUT2D eigenvalue weighted by atomic mass is 9.55. The number of benzene rings is 2. The van der Waals surface area contributed by atoms with Gasteiger partial charge in [-0.1, -0.05) is 29.3 Å². The summed E-state index contributed by atoms with van der Waals surface area (Å²) in [7, 11) is 0. The molecule has 1 aliphatic heterocycles. The highest BCUT2D eigenvalue weighted by molar-refractivity contribution is 6.31. The quantitative estimate of drug-likeness (QED) is 0.454. The average Bonchev–Trinajstić information content (AvgIpc) is 3.34. The first-order chi connectivity index (χ1) is 16.7. The number of fused-ring (bicyclic) bond motifs is 3. The molecule has 4 fully saturated rings. The lowest BCUT2D eigenvalue weighted by Crippen LogP contribution is -2.67. The Labute approximate surface area is 211 Å². The number of amides is 1. The van der Waals surface area contributed by atoms with Crippen molar-refractivity contribution in [1.29, 1.82) is 0 Å². The van der Waals surface area contributed by atoms with E-state index in [1.54, 1.807) is 6.07 Å². The number of aliphatic hydroxyl groups excluding tert-OH is 1. The van der Waals surface area contributed by atoms with E-state index in [2.05, 4.69) is 16.2 Å². The first-order valence-corrected chi connectivity index (χ1v) is 12.1. The second kappa shape index (κ2) is 9.46. The molecule has 4 aliphatic rings. The van der Waals surface area contributed by atoms with Crippen LogP contribution in [0.5, 0.6) is 5.75 Å². The predicted molar refractivity (Wildman–Crippen MR) is 125 cm³/mol. The Morgan fingerprint density at radius 3 is 2.43 bits per heavy atom. The zero-order valence-corrected chi connectivity index (χ0v) is 20.1. The van der Waals surface area contributed by atoms with Crippen molar-refractivity contribution in [3.63, 3.8) is 0 Å². The maximum absolute atomic E-state index is 13.9. The highest BCUT2D eigenvalue weighted by atomic mass is 35.5. The minimum Gasteiger partial charge on any atom is -0.484 e. The number of hydrogen-bond acceptors (Lipinski definition) is 6. The van der Waals surface area contributed by atoms with Crippen molar-refractivity contribution in [2.75, 3.05) is 6.61 Å². The summed E-state index contributed by atoms with van der Waals surface area (Å²) >= 11 is 11.4. The van der Waals surface area contributed by atoms with Gasteiger partial charge in [0.2, 0.25) is 0 Å². The van der Waals surface area contributed by atoms with Crippen LogP contribution in [0.1, 0.15) is 43.9 Å². The minimum atomic E-state index is -0.778. The topological polar surface area (TPSA) is 91.9 Å². The van der Waals surface area contributed by atoms with Crippen LogP contribution in [-0.4, -0.2) is 35.5 Å². The number of hydrazine groups is 1. The molecule has 3 unspecified atom stereocenters. The molecule has 3 saturated carbocycles. The molecule has 1 amide bonds. The van der Waals surface area contributed by atoms with E-state index in [0.717, 1.165) is 6.07 Å². The number of rotatable bonds is 6. The van der Waals surface area contributed by atoms with Crippen LogP contribution in [0.25, 0.3) is 0 Å². The van der Waals surface area contributed by atoms with Crippen LogP contribution in [0.4, 0.5) is 8.78 Å². The minimum absolute atomic E-state index is 0.0284. The van der Waals surface area contributed by atoms with Crippen LogP contribution >= 0.6 is 23.2 Å². The Hall–Kier alpha value is -2.01. The molecule has 2 aromatic carbocycles. The smallest absolute Gasteiger partial charge is 0.258 e. The molecule has 2 aromatic rings. The molecule has 35 heavy (non-hydrogen) atoms. The van der Waals surface area contributed by atoms with Crippen molar-refractivity contribution >= 4 is 29.1 Å². The van der Waals surface area contributed by atoms with Gasteiger partial charge >= 0.3 is 0 Å². The number of hydrogen-bond donors (Lipinski definition) is 4. The highest BCUT2D eigenvalue weighted by Gasteiger charge is 2.59. The van der Waals surface area contributed by atoms with Crippen LogP contribution in [0, 0.1) is 17.0 Å². The van der Waals surface area contributed by atoms with E-state index in [-0.39, 0.29) is 27.8 Å². The Kier molecular flexibility index (Phi) is 6.67. The third-order valence-corrected chi connectivity index (χ3v) is 8.06. The first kappa shape index (κ1) is 24.7. The van der Waals surface area contributed by atoms with E-state index in [9.17, 15) is 18.7 Å². The fourth-order valence-electron chi connectivity index (χ4n) is 5.41. The Morgan fingerprint density at radius 1 is 1.09 bits per heavy atom. The van der Waals surface area contributed by atoms with Gasteiger partial charge in [-0.05, 0) is 61.9 Å². The summed E-state index contributed by atoms with van der Waals surface area (Å²) in [6, 6.07) is 8.47. The summed E-state index contributed by atoms with van der Waals surface area (Å²) in [5.41, 5.74) is 5.73. The van der Waals surface area contributed by atoms with E-state index in [4.69, 9.17) is 32.7 Å². The SMILES string of the molecule is O=C(COc1ccc(Cl)c(F)c1)NC12CCC(C3NNC(c4ccc(Cl)c(F)c4)O3)(CC1)CC2O. The number of aliphatic hydroxyl groups is 1. The summed E-state index contributed by atoms with van der Waals surface area (Å²) in [6.45, 7) is -0.308. The van der Waals surface area contributed by atoms with Gasteiger partial charge in [-0.25, -0.2) is 19.6 Å². The van der Waals surface area contributed by atoms with Crippen molar-refractivity contribution in [3.8, 4) is 5.75 Å². The molecular weight excluding hydrogens is 503 g/mol. The summed E-state index contributed by atoms with van der Waals surface area (Å²) in [6.07, 6.45) is 1.27. The van der Waals surface area contributed by atoms with E-state index in [0.29, 0.717) is 37.7 Å². The maximum Gasteiger partial charge on any atom is 0.258 e. The van der Waals surface area contributed by atoms with Crippen LogP contribution in [0.3, 0.4) is 0 Å². The van der Waals surface area contributed by atoms with Crippen molar-refractivity contribution in [3.05, 3.63) is 63.6 Å². The normalized spacial score (nSPS) is 32.0. The van der Waals surface area contributed by atoms with Crippen molar-refractivity contribution < 1.29 is 28.2 Å². The van der Waals surface area contributed by atoms with Crippen LogP contribution in [0.2, 0.25) is 10.0 Å². The van der Waals surface area contributed by atoms with Gasteiger partial charge in [0.1, 0.15) is 29.8 Å². The summed E-state index contributed by atoms with van der Waals surface area (Å²) in [4.78, 5) is 12.6. The van der Waals surface area contributed by atoms with Gasteiger partial charge in [0, 0.05) is 11.5 Å². The molecule has 0 radical (unpaired) electrons. The molecule has 4 N–H and O–H groups in total. The molecule has 6 rings (SSSR count). The lowest BCUT2D eigenvalue weighted by Gasteiger charge is -2.57. The molecule has 0 spiro atoms. The third kappa shape index (κ3) is 4.73. The fraction of sp³-hybridized carbons (Fsp3) is 0.458. The van der Waals surface area contributed by atoms with E-state index in [1.165, 1.54) is 24.3 Å². The summed E-state index contributed by atoms with van der Waals surface area (Å²) < 4.78 is 39.0. The van der Waals surface area contributed by atoms with Gasteiger partial charge in [0.25, 0.3) is 5.91 Å². The Morgan fingerprint density at radius 2 is 1.77 bits per heavy atom. The molecule has 3 aliphatic carbocycles. The maximum atomic E-state index is 13.9. The number of nitrogens with one attached hydrogen (secondary N) is 3. The lowest BCUT2D eigenvalue weighted by molar-refractivity contribution is -0.157. The second-order valence-corrected chi connectivity index (χ2v) is 10.3. The van der Waals surface area contributed by atoms with Gasteiger partial charge < -0.3 is 19.9 Å². The summed E-state index contributed by atoms with van der Waals surface area (Å²) in [5, 5.41) is 14.0. The second-order valence-electron chi connectivity index (χ2n) is 9.51. The molecule has 3 atom stereocenters. The fourth-order valence-corrected chi connectivity index (χ4v) is 5.64. The zero-order chi connectivity index (χ0) is 24.8. The standard InChI is InChI=1S/C24H25Cl2F2N3O4/c25-15-3-1-13(9-17(15)27)21-30-31-22(35-21)23-5-7-24(8-6-23,19(32)11-23)29-20(33)12-34-14-2-4-16(26)18(28)10-14/h1-4,9-10,19,21-22,30-32H,5-8,11-12H2,(H,29,33). The Balaban J connectivity index is 1.19. The van der Waals surface area contributed by atoms with Crippen molar-refractivity contribution in [2.45, 2.75) is 56.2 Å². The van der Waals surface area contributed by atoms with Gasteiger partial charge in [0.15, 0.2) is 6.61 Å². The monoisotopic (exact) mass is 527 g/mol. The largest absolute Gasteiger partial charge is 0.484 e. The number of carbonyl (C=O) groups excluding carboxylic acids is 1. The van der Waals surface area contributed by atoms with Gasteiger partial charge in [-0.3, -0.25) is 4.79 Å².